The van der Waals surface area contributed by atoms with E-state index in [2.05, 4.69) is 30.8 Å². The van der Waals surface area contributed by atoms with Crippen LogP contribution >= 0.6 is 0 Å². The summed E-state index contributed by atoms with van der Waals surface area (Å²) in [4.78, 5) is 21.2. The molecule has 154 valence electrons. The number of amides is 1. The van der Waals surface area contributed by atoms with Crippen molar-refractivity contribution in [1.29, 1.82) is 0 Å². The number of nitrogens with zero attached hydrogens (tertiary/aromatic N) is 4. The normalized spacial score (nSPS) is 20.2. The number of carbonyl (C=O) groups is 1. The number of alkyl halides is 1. The van der Waals surface area contributed by atoms with E-state index in [-0.39, 0.29) is 24.2 Å². The topological polar surface area (TPSA) is 105 Å². The third-order valence-electron chi connectivity index (χ3n) is 4.83. The zero-order valence-corrected chi connectivity index (χ0v) is 16.2. The number of fused-ring (bicyclic) bond motifs is 1. The van der Waals surface area contributed by atoms with Gasteiger partial charge in [-0.25, -0.2) is 9.38 Å². The van der Waals surface area contributed by atoms with Crippen LogP contribution in [0.2, 0.25) is 0 Å². The second-order valence-corrected chi connectivity index (χ2v) is 6.95. The number of rotatable bonds is 4. The van der Waals surface area contributed by atoms with E-state index in [0.29, 0.717) is 17.0 Å². The lowest BCUT2D eigenvalue weighted by Gasteiger charge is -2.11. The molecule has 2 aliphatic rings. The maximum atomic E-state index is 13.2. The molecule has 1 amide bonds. The Balaban J connectivity index is 1.47. The molecule has 2 N–H and O–H groups in total. The van der Waals surface area contributed by atoms with E-state index in [4.69, 9.17) is 4.42 Å². The number of benzodiazepines with no additional fused rings is 1. The van der Waals surface area contributed by atoms with E-state index in [1.54, 1.807) is 6.08 Å². The Bertz CT molecular complexity index is 1220. The van der Waals surface area contributed by atoms with Gasteiger partial charge in [0.15, 0.2) is 6.30 Å². The molecule has 2 unspecified atom stereocenters. The summed E-state index contributed by atoms with van der Waals surface area (Å²) >= 11 is 0. The molecule has 1 aromatic heterocycles. The first-order valence-corrected chi connectivity index (χ1v) is 9.69. The van der Waals surface area contributed by atoms with Crippen LogP contribution in [0.4, 0.5) is 16.1 Å². The maximum Gasteiger partial charge on any atom is 0.317 e. The van der Waals surface area contributed by atoms with Crippen molar-refractivity contribution in [2.75, 3.05) is 10.6 Å². The second kappa shape index (κ2) is 7.94. The highest BCUT2D eigenvalue weighted by atomic mass is 19.1. The molecular weight excluding hydrogens is 399 g/mol. The number of benzene rings is 2. The lowest BCUT2D eigenvalue weighted by atomic mass is 10.0. The summed E-state index contributed by atoms with van der Waals surface area (Å²) in [6.07, 6.45) is 0.874. The minimum absolute atomic E-state index is 0.0222. The Labute approximate surface area is 176 Å². The summed E-state index contributed by atoms with van der Waals surface area (Å²) in [5.41, 5.74) is 3.52. The molecule has 2 aliphatic heterocycles. The fraction of sp³-hybridized carbons (Fsp3) is 0.136. The van der Waals surface area contributed by atoms with E-state index in [0.717, 1.165) is 11.1 Å². The van der Waals surface area contributed by atoms with Gasteiger partial charge in [0.2, 0.25) is 6.17 Å². The molecule has 8 nitrogen and oxygen atoms in total. The van der Waals surface area contributed by atoms with Crippen LogP contribution in [-0.2, 0) is 4.79 Å². The van der Waals surface area contributed by atoms with Crippen LogP contribution in [0.15, 0.2) is 75.1 Å². The highest BCUT2D eigenvalue weighted by molar-refractivity contribution is 6.19. The summed E-state index contributed by atoms with van der Waals surface area (Å²) < 4.78 is 18.8. The molecule has 0 saturated heterocycles. The van der Waals surface area contributed by atoms with Gasteiger partial charge in [-0.1, -0.05) is 59.7 Å². The number of halogens is 1. The van der Waals surface area contributed by atoms with Crippen molar-refractivity contribution >= 4 is 35.1 Å². The van der Waals surface area contributed by atoms with E-state index < -0.39 is 12.5 Å². The van der Waals surface area contributed by atoms with Crippen LogP contribution in [0.3, 0.4) is 0 Å². The molecule has 9 heteroatoms. The van der Waals surface area contributed by atoms with Crippen molar-refractivity contribution in [3.63, 3.8) is 0 Å². The number of dihydropyridines is 1. The van der Waals surface area contributed by atoms with Gasteiger partial charge < -0.3 is 15.1 Å². The number of carbonyl (C=O) groups excluding carboxylic acids is 1. The van der Waals surface area contributed by atoms with Crippen LogP contribution in [0.25, 0.3) is 5.57 Å². The Kier molecular flexibility index (Phi) is 4.83. The molecule has 0 bridgehead atoms. The SMILES string of the molecule is O=C1Nc2ccccc2C(c2ccccc2)=NC1Nc1nnc(C2=CCC(F)N=C2)o1. The first-order chi connectivity index (χ1) is 15.2. The summed E-state index contributed by atoms with van der Waals surface area (Å²) in [7, 11) is 0. The van der Waals surface area contributed by atoms with Crippen molar-refractivity contribution < 1.29 is 13.6 Å². The molecule has 2 atom stereocenters. The third-order valence-corrected chi connectivity index (χ3v) is 4.83. The molecule has 0 saturated carbocycles. The van der Waals surface area contributed by atoms with Gasteiger partial charge in [-0.05, 0) is 6.07 Å². The van der Waals surface area contributed by atoms with Gasteiger partial charge >= 0.3 is 6.01 Å². The lowest BCUT2D eigenvalue weighted by molar-refractivity contribution is -0.116. The van der Waals surface area contributed by atoms with Crippen molar-refractivity contribution in [3.8, 4) is 0 Å². The van der Waals surface area contributed by atoms with E-state index in [9.17, 15) is 9.18 Å². The molecule has 0 aliphatic carbocycles. The van der Waals surface area contributed by atoms with E-state index >= 15 is 0 Å². The largest absolute Gasteiger partial charge is 0.403 e. The molecule has 2 aromatic carbocycles. The molecule has 3 aromatic rings. The molecule has 3 heterocycles. The average molecular weight is 416 g/mol. The van der Waals surface area contributed by atoms with Crippen molar-refractivity contribution in [3.05, 3.63) is 77.7 Å². The van der Waals surface area contributed by atoms with Gasteiger partial charge in [0.05, 0.1) is 17.0 Å². The van der Waals surface area contributed by atoms with Crippen molar-refractivity contribution in [2.24, 2.45) is 9.98 Å². The highest BCUT2D eigenvalue weighted by Crippen LogP contribution is 2.25. The van der Waals surface area contributed by atoms with E-state index in [1.807, 2.05) is 54.6 Å². The number of hydrogen-bond acceptors (Lipinski definition) is 7. The van der Waals surface area contributed by atoms with Gasteiger partial charge in [0.1, 0.15) is 0 Å². The molecule has 0 fully saturated rings. The van der Waals surface area contributed by atoms with E-state index in [1.165, 1.54) is 6.21 Å². The Morgan fingerprint density at radius 1 is 1.06 bits per heavy atom. The van der Waals surface area contributed by atoms with Gasteiger partial charge in [-0.15, -0.1) is 5.10 Å². The number of aromatic nitrogens is 2. The van der Waals surface area contributed by atoms with Gasteiger partial charge in [0.25, 0.3) is 11.8 Å². The summed E-state index contributed by atoms with van der Waals surface area (Å²) in [5, 5.41) is 13.7. The fourth-order valence-electron chi connectivity index (χ4n) is 3.34. The first-order valence-electron chi connectivity index (χ1n) is 9.69. The summed E-state index contributed by atoms with van der Waals surface area (Å²) in [6.45, 7) is 0. The number of para-hydroxylation sites is 1. The molecular formula is C22H17FN6O2. The molecule has 0 radical (unpaired) electrons. The number of hydrogen-bond donors (Lipinski definition) is 2. The molecule has 31 heavy (non-hydrogen) atoms. The fourth-order valence-corrected chi connectivity index (χ4v) is 3.34. The van der Waals surface area contributed by atoms with Crippen LogP contribution in [0.5, 0.6) is 0 Å². The smallest absolute Gasteiger partial charge is 0.317 e. The Morgan fingerprint density at radius 3 is 2.68 bits per heavy atom. The highest BCUT2D eigenvalue weighted by Gasteiger charge is 2.27. The standard InChI is InChI=1S/C22H17FN6O2/c23-17-11-10-14(12-24-17)21-28-29-22(31-21)27-19-20(30)25-16-9-5-4-8-15(16)18(26-19)13-6-2-1-3-7-13/h1-10,12,17,19H,11H2,(H,25,30)(H,27,29). The minimum atomic E-state index is -1.26. The monoisotopic (exact) mass is 416 g/mol. The van der Waals surface area contributed by atoms with Crippen molar-refractivity contribution in [2.45, 2.75) is 18.9 Å². The number of aliphatic imine (C=N–C) groups is 2. The van der Waals surface area contributed by atoms with Gasteiger partial charge in [0, 0.05) is 23.8 Å². The number of allylic oxidation sites excluding steroid dienone is 1. The molecule has 0 spiro atoms. The Morgan fingerprint density at radius 2 is 1.87 bits per heavy atom. The minimum Gasteiger partial charge on any atom is -0.403 e. The van der Waals surface area contributed by atoms with Crippen LogP contribution in [0, 0.1) is 0 Å². The summed E-state index contributed by atoms with van der Waals surface area (Å²) in [5.74, 6) is -0.181. The van der Waals surface area contributed by atoms with Crippen LogP contribution in [0.1, 0.15) is 23.4 Å². The van der Waals surface area contributed by atoms with Gasteiger partial charge in [-0.2, -0.15) is 0 Å². The summed E-state index contributed by atoms with van der Waals surface area (Å²) in [6, 6.07) is 17.1. The first kappa shape index (κ1) is 18.9. The predicted molar refractivity (Wildman–Crippen MR) is 115 cm³/mol. The average Bonchev–Trinajstić information content (AvgIpc) is 3.21. The molecule has 5 rings (SSSR count). The zero-order valence-electron chi connectivity index (χ0n) is 16.2. The second-order valence-electron chi connectivity index (χ2n) is 6.95. The quantitative estimate of drug-likeness (QED) is 0.634. The zero-order chi connectivity index (χ0) is 21.2. The van der Waals surface area contributed by atoms with Crippen molar-refractivity contribution in [1.82, 2.24) is 10.2 Å². The lowest BCUT2D eigenvalue weighted by Crippen LogP contribution is -2.32. The third kappa shape index (κ3) is 3.85. The number of nitrogens with one attached hydrogen (secondary N) is 2. The predicted octanol–water partition coefficient (Wildman–Crippen LogP) is 3.45. The maximum absolute atomic E-state index is 13.2. The van der Waals surface area contributed by atoms with Gasteiger partial charge in [-0.3, -0.25) is 9.79 Å². The Hall–Kier alpha value is -4.14. The van der Waals surface area contributed by atoms with Crippen LogP contribution in [-0.4, -0.2) is 40.5 Å². The van der Waals surface area contributed by atoms with Crippen LogP contribution < -0.4 is 10.6 Å². The number of anilines is 2.